The Morgan fingerprint density at radius 1 is 0.647 bits per heavy atom. The smallest absolute Gasteiger partial charge is 0.0701 e. The zero-order chi connectivity index (χ0) is 13.4. The SMILES string of the molecule is CC(C)C.OCCOCCOCCOCCO. The average molecular weight is 252 g/mol. The van der Waals surface area contributed by atoms with Crippen LogP contribution in [0.5, 0.6) is 0 Å². The van der Waals surface area contributed by atoms with Gasteiger partial charge in [0.05, 0.1) is 52.9 Å². The van der Waals surface area contributed by atoms with Gasteiger partial charge in [-0.25, -0.2) is 0 Å². The predicted octanol–water partition coefficient (Wildman–Crippen LogP) is 0.683. The van der Waals surface area contributed by atoms with Crippen molar-refractivity contribution in [1.29, 1.82) is 0 Å². The molecule has 106 valence electrons. The number of aliphatic hydroxyl groups excluding tert-OH is 2. The molecule has 0 bridgehead atoms. The fraction of sp³-hybridized carbons (Fsp3) is 1.00. The molecule has 17 heavy (non-hydrogen) atoms. The summed E-state index contributed by atoms with van der Waals surface area (Å²) >= 11 is 0. The number of rotatable bonds is 10. The topological polar surface area (TPSA) is 68.2 Å². The summed E-state index contributed by atoms with van der Waals surface area (Å²) in [6, 6.07) is 0. The normalized spacial score (nSPS) is 10.2. The summed E-state index contributed by atoms with van der Waals surface area (Å²) in [7, 11) is 0. The van der Waals surface area contributed by atoms with Crippen LogP contribution in [0.15, 0.2) is 0 Å². The van der Waals surface area contributed by atoms with Crippen LogP contribution in [0.2, 0.25) is 0 Å². The molecule has 0 aliphatic heterocycles. The molecule has 5 nitrogen and oxygen atoms in total. The minimum absolute atomic E-state index is 0.0413. The van der Waals surface area contributed by atoms with E-state index in [0.717, 1.165) is 5.92 Å². The molecule has 0 radical (unpaired) electrons. The van der Waals surface area contributed by atoms with Crippen molar-refractivity contribution < 1.29 is 24.4 Å². The van der Waals surface area contributed by atoms with Gasteiger partial charge in [0.2, 0.25) is 0 Å². The molecule has 0 aromatic heterocycles. The maximum absolute atomic E-state index is 8.36. The maximum Gasteiger partial charge on any atom is 0.0701 e. The molecule has 0 fully saturated rings. The van der Waals surface area contributed by atoms with Gasteiger partial charge in [-0.3, -0.25) is 0 Å². The van der Waals surface area contributed by atoms with Gasteiger partial charge in [-0.05, 0) is 5.92 Å². The van der Waals surface area contributed by atoms with Crippen LogP contribution in [-0.2, 0) is 14.2 Å². The van der Waals surface area contributed by atoms with E-state index in [1.807, 2.05) is 0 Å². The van der Waals surface area contributed by atoms with Crippen molar-refractivity contribution in [2.45, 2.75) is 20.8 Å². The van der Waals surface area contributed by atoms with Crippen LogP contribution >= 0.6 is 0 Å². The highest BCUT2D eigenvalue weighted by molar-refractivity contribution is 4.33. The van der Waals surface area contributed by atoms with E-state index in [0.29, 0.717) is 39.6 Å². The average Bonchev–Trinajstić information content (AvgIpc) is 2.26. The third kappa shape index (κ3) is 31.3. The molecule has 0 atom stereocenters. The van der Waals surface area contributed by atoms with Crippen molar-refractivity contribution in [3.05, 3.63) is 0 Å². The molecule has 0 aromatic rings. The van der Waals surface area contributed by atoms with Crippen LogP contribution in [0.3, 0.4) is 0 Å². The summed E-state index contributed by atoms with van der Waals surface area (Å²) < 4.78 is 15.0. The highest BCUT2D eigenvalue weighted by Gasteiger charge is 1.89. The Morgan fingerprint density at radius 3 is 1.12 bits per heavy atom. The Bertz CT molecular complexity index is 107. The van der Waals surface area contributed by atoms with Gasteiger partial charge in [-0.15, -0.1) is 0 Å². The third-order valence-electron chi connectivity index (χ3n) is 1.22. The van der Waals surface area contributed by atoms with Crippen LogP contribution in [0.4, 0.5) is 0 Å². The quantitative estimate of drug-likeness (QED) is 0.560. The number of hydrogen-bond acceptors (Lipinski definition) is 5. The number of ether oxygens (including phenoxy) is 3. The Balaban J connectivity index is 0. The van der Waals surface area contributed by atoms with Crippen LogP contribution < -0.4 is 0 Å². The van der Waals surface area contributed by atoms with Gasteiger partial charge in [0.15, 0.2) is 0 Å². The zero-order valence-electron chi connectivity index (χ0n) is 11.4. The van der Waals surface area contributed by atoms with E-state index in [9.17, 15) is 0 Å². The first-order chi connectivity index (χ1) is 8.15. The van der Waals surface area contributed by atoms with Crippen molar-refractivity contribution >= 4 is 0 Å². The van der Waals surface area contributed by atoms with E-state index in [1.54, 1.807) is 0 Å². The summed E-state index contributed by atoms with van der Waals surface area (Å²) in [5.74, 6) is 0.833. The first-order valence-electron chi connectivity index (χ1n) is 6.10. The Labute approximate surface area is 105 Å². The minimum Gasteiger partial charge on any atom is -0.394 e. The Kier molecular flexibility index (Phi) is 20.5. The summed E-state index contributed by atoms with van der Waals surface area (Å²) in [5, 5.41) is 16.7. The molecule has 0 heterocycles. The third-order valence-corrected chi connectivity index (χ3v) is 1.22. The van der Waals surface area contributed by atoms with E-state index in [2.05, 4.69) is 20.8 Å². The molecular formula is C12H28O5. The molecule has 0 rings (SSSR count). The van der Waals surface area contributed by atoms with E-state index < -0.39 is 0 Å². The van der Waals surface area contributed by atoms with Gasteiger partial charge in [0.1, 0.15) is 0 Å². The lowest BCUT2D eigenvalue weighted by Gasteiger charge is -2.04. The molecule has 0 spiro atoms. The monoisotopic (exact) mass is 252 g/mol. The fourth-order valence-electron chi connectivity index (χ4n) is 0.671. The van der Waals surface area contributed by atoms with Crippen LogP contribution in [-0.4, -0.2) is 63.1 Å². The minimum atomic E-state index is 0.0413. The van der Waals surface area contributed by atoms with Crippen LogP contribution in [0.25, 0.3) is 0 Å². The second-order valence-electron chi connectivity index (χ2n) is 4.02. The first-order valence-corrected chi connectivity index (χ1v) is 6.10. The van der Waals surface area contributed by atoms with E-state index in [-0.39, 0.29) is 13.2 Å². The molecule has 2 N–H and O–H groups in total. The molecule has 0 aliphatic carbocycles. The molecule has 0 unspecified atom stereocenters. The van der Waals surface area contributed by atoms with Crippen molar-refractivity contribution in [2.24, 2.45) is 5.92 Å². The molecule has 0 saturated carbocycles. The van der Waals surface area contributed by atoms with Crippen molar-refractivity contribution in [1.82, 2.24) is 0 Å². The first kappa shape index (κ1) is 19.1. The number of aliphatic hydroxyl groups is 2. The molecule has 0 aromatic carbocycles. The lowest BCUT2D eigenvalue weighted by molar-refractivity contribution is 0.00230. The molecule has 0 saturated heterocycles. The summed E-state index contributed by atoms with van der Waals surface area (Å²) in [6.45, 7) is 9.26. The molecule has 5 heteroatoms. The Morgan fingerprint density at radius 2 is 0.882 bits per heavy atom. The van der Waals surface area contributed by atoms with Crippen molar-refractivity contribution in [3.8, 4) is 0 Å². The lowest BCUT2D eigenvalue weighted by atomic mass is 10.3. The van der Waals surface area contributed by atoms with Gasteiger partial charge in [0.25, 0.3) is 0 Å². The van der Waals surface area contributed by atoms with E-state index in [1.165, 1.54) is 0 Å². The molecule has 0 aliphatic rings. The fourth-order valence-corrected chi connectivity index (χ4v) is 0.671. The standard InChI is InChI=1S/C8H18O5.C4H10/c9-1-3-11-5-7-13-8-6-12-4-2-10;1-4(2)3/h9-10H,1-8H2;4H,1-3H3. The van der Waals surface area contributed by atoms with Gasteiger partial charge in [-0.2, -0.15) is 0 Å². The highest BCUT2D eigenvalue weighted by Crippen LogP contribution is 1.81. The summed E-state index contributed by atoms with van der Waals surface area (Å²) in [4.78, 5) is 0. The van der Waals surface area contributed by atoms with Gasteiger partial charge in [-0.1, -0.05) is 20.8 Å². The summed E-state index contributed by atoms with van der Waals surface area (Å²) in [6.07, 6.45) is 0. The van der Waals surface area contributed by atoms with Crippen molar-refractivity contribution in [2.75, 3.05) is 52.9 Å². The highest BCUT2D eigenvalue weighted by atomic mass is 16.5. The lowest BCUT2D eigenvalue weighted by Crippen LogP contribution is -2.11. The van der Waals surface area contributed by atoms with Crippen LogP contribution in [0, 0.1) is 5.92 Å². The van der Waals surface area contributed by atoms with Gasteiger partial charge >= 0.3 is 0 Å². The van der Waals surface area contributed by atoms with E-state index >= 15 is 0 Å². The predicted molar refractivity (Wildman–Crippen MR) is 67.1 cm³/mol. The van der Waals surface area contributed by atoms with Crippen molar-refractivity contribution in [3.63, 3.8) is 0 Å². The summed E-state index contributed by atoms with van der Waals surface area (Å²) in [5.41, 5.74) is 0. The molecule has 0 amide bonds. The Hall–Kier alpha value is -0.200. The largest absolute Gasteiger partial charge is 0.394 e. The van der Waals surface area contributed by atoms with E-state index in [4.69, 9.17) is 24.4 Å². The maximum atomic E-state index is 8.36. The van der Waals surface area contributed by atoms with Gasteiger partial charge < -0.3 is 24.4 Å². The zero-order valence-corrected chi connectivity index (χ0v) is 11.4. The number of hydrogen-bond donors (Lipinski definition) is 2. The van der Waals surface area contributed by atoms with Gasteiger partial charge in [0, 0.05) is 0 Å². The second-order valence-corrected chi connectivity index (χ2v) is 4.02. The van der Waals surface area contributed by atoms with Crippen LogP contribution in [0.1, 0.15) is 20.8 Å². The molecular weight excluding hydrogens is 224 g/mol. The second kappa shape index (κ2) is 18.2.